The standard InChI is InChI=1S/C10H16O2/c1-4-7-8-10(12-6-3)9-11-5-2/h5-6,8H,2-4,7,9H2,1H3. The van der Waals surface area contributed by atoms with Gasteiger partial charge in [0.25, 0.3) is 0 Å². The van der Waals surface area contributed by atoms with Crippen LogP contribution in [0.3, 0.4) is 0 Å². The zero-order valence-corrected chi connectivity index (χ0v) is 7.58. The topological polar surface area (TPSA) is 18.5 Å². The largest absolute Gasteiger partial charge is 0.494 e. The molecule has 0 radical (unpaired) electrons. The molecule has 0 aromatic carbocycles. The van der Waals surface area contributed by atoms with Gasteiger partial charge in [-0.25, -0.2) is 0 Å². The van der Waals surface area contributed by atoms with Gasteiger partial charge in [-0.3, -0.25) is 0 Å². The van der Waals surface area contributed by atoms with Gasteiger partial charge in [0.05, 0.1) is 12.5 Å². The maximum Gasteiger partial charge on any atom is 0.145 e. The van der Waals surface area contributed by atoms with Crippen molar-refractivity contribution in [3.05, 3.63) is 37.5 Å². The van der Waals surface area contributed by atoms with Gasteiger partial charge >= 0.3 is 0 Å². The summed E-state index contributed by atoms with van der Waals surface area (Å²) in [4.78, 5) is 0. The molecule has 0 spiro atoms. The van der Waals surface area contributed by atoms with Gasteiger partial charge in [-0.05, 0) is 12.5 Å². The van der Waals surface area contributed by atoms with Crippen molar-refractivity contribution in [2.24, 2.45) is 0 Å². The van der Waals surface area contributed by atoms with Gasteiger partial charge < -0.3 is 9.47 Å². The Hall–Kier alpha value is -1.18. The van der Waals surface area contributed by atoms with E-state index in [0.29, 0.717) is 6.61 Å². The average Bonchev–Trinajstić information content (AvgIpc) is 2.10. The molecule has 0 heterocycles. The van der Waals surface area contributed by atoms with Crippen molar-refractivity contribution < 1.29 is 9.47 Å². The van der Waals surface area contributed by atoms with Crippen molar-refractivity contribution >= 4 is 0 Å². The van der Waals surface area contributed by atoms with Gasteiger partial charge in [0.2, 0.25) is 0 Å². The normalized spacial score (nSPS) is 10.6. The Morgan fingerprint density at radius 3 is 2.58 bits per heavy atom. The van der Waals surface area contributed by atoms with Gasteiger partial charge in [0.1, 0.15) is 12.4 Å². The Balaban J connectivity index is 3.82. The molecule has 0 rings (SSSR count). The van der Waals surface area contributed by atoms with Crippen LogP contribution >= 0.6 is 0 Å². The molecule has 0 N–H and O–H groups in total. The van der Waals surface area contributed by atoms with Crippen LogP contribution in [0.4, 0.5) is 0 Å². The van der Waals surface area contributed by atoms with E-state index in [-0.39, 0.29) is 0 Å². The molecule has 0 amide bonds. The number of ether oxygens (including phenoxy) is 2. The molecule has 0 saturated carbocycles. The second-order valence-electron chi connectivity index (χ2n) is 2.22. The highest BCUT2D eigenvalue weighted by Crippen LogP contribution is 2.02. The third-order valence-electron chi connectivity index (χ3n) is 1.24. The third-order valence-corrected chi connectivity index (χ3v) is 1.24. The van der Waals surface area contributed by atoms with Crippen molar-refractivity contribution in [2.75, 3.05) is 6.61 Å². The summed E-state index contributed by atoms with van der Waals surface area (Å²) in [5.41, 5.74) is 0. The first-order valence-electron chi connectivity index (χ1n) is 4.04. The molecular weight excluding hydrogens is 152 g/mol. The monoisotopic (exact) mass is 168 g/mol. The summed E-state index contributed by atoms with van der Waals surface area (Å²) in [5.74, 6) is 0.784. The fraction of sp³-hybridized carbons (Fsp3) is 0.400. The van der Waals surface area contributed by atoms with Crippen molar-refractivity contribution in [2.45, 2.75) is 19.8 Å². The summed E-state index contributed by atoms with van der Waals surface area (Å²) < 4.78 is 10.1. The van der Waals surface area contributed by atoms with Crippen molar-refractivity contribution in [1.29, 1.82) is 0 Å². The number of allylic oxidation sites excluding steroid dienone is 1. The molecule has 68 valence electrons. The van der Waals surface area contributed by atoms with Crippen molar-refractivity contribution in [3.63, 3.8) is 0 Å². The Kier molecular flexibility index (Phi) is 7.14. The lowest BCUT2D eigenvalue weighted by Gasteiger charge is -2.04. The van der Waals surface area contributed by atoms with Gasteiger partial charge in [-0.15, -0.1) is 0 Å². The van der Waals surface area contributed by atoms with E-state index in [1.54, 1.807) is 0 Å². The van der Waals surface area contributed by atoms with Crippen LogP contribution in [0.5, 0.6) is 0 Å². The number of hydrogen-bond acceptors (Lipinski definition) is 2. The van der Waals surface area contributed by atoms with E-state index in [4.69, 9.17) is 9.47 Å². The Bertz CT molecular complexity index is 159. The summed E-state index contributed by atoms with van der Waals surface area (Å²) >= 11 is 0. The molecule has 12 heavy (non-hydrogen) atoms. The average molecular weight is 168 g/mol. The lowest BCUT2D eigenvalue weighted by atomic mass is 10.3. The van der Waals surface area contributed by atoms with Gasteiger partial charge in [-0.2, -0.15) is 0 Å². The Labute approximate surface area is 74.2 Å². The third kappa shape index (κ3) is 5.59. The number of hydrogen-bond donors (Lipinski definition) is 0. The molecule has 0 aliphatic heterocycles. The van der Waals surface area contributed by atoms with E-state index in [1.807, 2.05) is 6.08 Å². The summed E-state index contributed by atoms with van der Waals surface area (Å²) in [6.07, 6.45) is 6.87. The molecule has 2 heteroatoms. The Morgan fingerprint density at radius 1 is 1.33 bits per heavy atom. The minimum Gasteiger partial charge on any atom is -0.494 e. The van der Waals surface area contributed by atoms with Gasteiger partial charge in [0, 0.05) is 0 Å². The van der Waals surface area contributed by atoms with Crippen LogP contribution in [0, 0.1) is 0 Å². The van der Waals surface area contributed by atoms with Gasteiger partial charge in [-0.1, -0.05) is 26.5 Å². The van der Waals surface area contributed by atoms with E-state index >= 15 is 0 Å². The molecule has 0 fully saturated rings. The van der Waals surface area contributed by atoms with E-state index < -0.39 is 0 Å². The lowest BCUT2D eigenvalue weighted by Crippen LogP contribution is -1.94. The van der Waals surface area contributed by atoms with Crippen LogP contribution in [-0.2, 0) is 9.47 Å². The minimum absolute atomic E-state index is 0.426. The fourth-order valence-corrected chi connectivity index (χ4v) is 0.694. The highest BCUT2D eigenvalue weighted by molar-refractivity contribution is 4.95. The predicted molar refractivity (Wildman–Crippen MR) is 50.4 cm³/mol. The zero-order valence-electron chi connectivity index (χ0n) is 7.58. The summed E-state index contributed by atoms with van der Waals surface area (Å²) in [5, 5.41) is 0. The van der Waals surface area contributed by atoms with Crippen LogP contribution in [0.15, 0.2) is 37.5 Å². The summed E-state index contributed by atoms with van der Waals surface area (Å²) in [6, 6.07) is 0. The van der Waals surface area contributed by atoms with E-state index in [1.165, 1.54) is 12.5 Å². The first-order chi connectivity index (χ1) is 5.85. The van der Waals surface area contributed by atoms with Crippen LogP contribution in [0.1, 0.15) is 19.8 Å². The number of rotatable bonds is 7. The first-order valence-corrected chi connectivity index (χ1v) is 4.04. The summed E-state index contributed by atoms with van der Waals surface area (Å²) in [6.45, 7) is 9.45. The Morgan fingerprint density at radius 2 is 2.08 bits per heavy atom. The maximum absolute atomic E-state index is 5.10. The predicted octanol–water partition coefficient (Wildman–Crippen LogP) is 2.99. The highest BCUT2D eigenvalue weighted by Gasteiger charge is 1.94. The molecule has 0 bridgehead atoms. The molecule has 0 aromatic heterocycles. The smallest absolute Gasteiger partial charge is 0.145 e. The molecule has 0 aliphatic carbocycles. The minimum atomic E-state index is 0.426. The van der Waals surface area contributed by atoms with Crippen LogP contribution in [0.2, 0.25) is 0 Å². The second-order valence-corrected chi connectivity index (χ2v) is 2.22. The zero-order chi connectivity index (χ0) is 9.23. The second kappa shape index (κ2) is 7.92. The molecule has 0 unspecified atom stereocenters. The SMILES string of the molecule is C=COCC(=CCCC)OC=C. The van der Waals surface area contributed by atoms with E-state index in [9.17, 15) is 0 Å². The van der Waals surface area contributed by atoms with Crippen molar-refractivity contribution in [3.8, 4) is 0 Å². The van der Waals surface area contributed by atoms with E-state index in [0.717, 1.165) is 18.6 Å². The molecule has 2 nitrogen and oxygen atoms in total. The highest BCUT2D eigenvalue weighted by atomic mass is 16.5. The molecule has 0 aliphatic rings. The lowest BCUT2D eigenvalue weighted by molar-refractivity contribution is 0.210. The molecule has 0 atom stereocenters. The maximum atomic E-state index is 5.10. The summed E-state index contributed by atoms with van der Waals surface area (Å²) in [7, 11) is 0. The molecule has 0 saturated heterocycles. The van der Waals surface area contributed by atoms with Crippen molar-refractivity contribution in [1.82, 2.24) is 0 Å². The first kappa shape index (κ1) is 10.8. The van der Waals surface area contributed by atoms with Gasteiger partial charge in [0.15, 0.2) is 0 Å². The fourth-order valence-electron chi connectivity index (χ4n) is 0.694. The number of unbranched alkanes of at least 4 members (excludes halogenated alkanes) is 1. The van der Waals surface area contributed by atoms with Crippen LogP contribution in [0.25, 0.3) is 0 Å². The van der Waals surface area contributed by atoms with Crippen LogP contribution < -0.4 is 0 Å². The van der Waals surface area contributed by atoms with Crippen LogP contribution in [-0.4, -0.2) is 6.61 Å². The molecular formula is C10H16O2. The molecule has 0 aromatic rings. The quantitative estimate of drug-likeness (QED) is 0.544. The van der Waals surface area contributed by atoms with E-state index in [2.05, 4.69) is 20.1 Å².